The van der Waals surface area contributed by atoms with Crippen LogP contribution in [-0.4, -0.2) is 18.1 Å². The maximum absolute atomic E-state index is 14.2. The second-order valence-corrected chi connectivity index (χ2v) is 6.19. The van der Waals surface area contributed by atoms with Gasteiger partial charge in [0.1, 0.15) is 5.82 Å². The Morgan fingerprint density at radius 2 is 2.29 bits per heavy atom. The number of hydrogen-bond donors (Lipinski definition) is 2. The van der Waals surface area contributed by atoms with E-state index in [0.717, 1.165) is 42.5 Å². The minimum absolute atomic E-state index is 0.0897. The van der Waals surface area contributed by atoms with Crippen LogP contribution in [0.3, 0.4) is 0 Å². The Labute approximate surface area is 125 Å². The van der Waals surface area contributed by atoms with Crippen LogP contribution in [0.15, 0.2) is 31.0 Å². The molecule has 2 aromatic rings. The first-order valence-corrected chi connectivity index (χ1v) is 7.83. The van der Waals surface area contributed by atoms with Crippen LogP contribution in [0.2, 0.25) is 0 Å². The van der Waals surface area contributed by atoms with Crippen molar-refractivity contribution in [1.82, 2.24) is 10.3 Å². The van der Waals surface area contributed by atoms with E-state index in [4.69, 9.17) is 0 Å². The van der Waals surface area contributed by atoms with Crippen LogP contribution in [-0.2, 0) is 0 Å². The molecule has 0 unspecified atom stereocenters. The lowest BCUT2D eigenvalue weighted by molar-refractivity contribution is 0.393. The Bertz CT molecular complexity index is 650. The topological polar surface area (TPSA) is 27.8 Å². The molecule has 0 saturated carbocycles. The van der Waals surface area contributed by atoms with Gasteiger partial charge < -0.3 is 10.3 Å². The van der Waals surface area contributed by atoms with Gasteiger partial charge in [-0.05, 0) is 48.7 Å². The monoisotopic (exact) mass is 286 g/mol. The molecule has 2 N–H and O–H groups in total. The lowest BCUT2D eigenvalue weighted by Gasteiger charge is -2.31. The zero-order valence-corrected chi connectivity index (χ0v) is 12.6. The van der Waals surface area contributed by atoms with Crippen molar-refractivity contribution in [3.63, 3.8) is 0 Å². The van der Waals surface area contributed by atoms with Gasteiger partial charge in [0.2, 0.25) is 0 Å². The zero-order chi connectivity index (χ0) is 14.9. The van der Waals surface area contributed by atoms with Gasteiger partial charge in [-0.15, -0.1) is 0 Å². The summed E-state index contributed by atoms with van der Waals surface area (Å²) in [5.41, 5.74) is 2.70. The molecule has 2 nitrogen and oxygen atoms in total. The van der Waals surface area contributed by atoms with Gasteiger partial charge in [-0.25, -0.2) is 4.39 Å². The predicted octanol–water partition coefficient (Wildman–Crippen LogP) is 4.49. The summed E-state index contributed by atoms with van der Waals surface area (Å²) in [5.74, 6) is -0.190. The van der Waals surface area contributed by atoms with Crippen LogP contribution in [0.1, 0.15) is 38.2 Å². The molecule has 1 fully saturated rings. The normalized spacial score (nSPS) is 22.0. The number of halogens is 1. The number of benzene rings is 1. The average molecular weight is 286 g/mol. The predicted molar refractivity (Wildman–Crippen MR) is 86.7 cm³/mol. The van der Waals surface area contributed by atoms with Gasteiger partial charge in [0.15, 0.2) is 0 Å². The summed E-state index contributed by atoms with van der Waals surface area (Å²) in [4.78, 5) is 2.95. The summed E-state index contributed by atoms with van der Waals surface area (Å²) in [6, 6.07) is 5.61. The summed E-state index contributed by atoms with van der Waals surface area (Å²) in [7, 11) is 0. The fourth-order valence-corrected chi connectivity index (χ4v) is 3.49. The molecule has 0 radical (unpaired) electrons. The molecule has 0 bridgehead atoms. The van der Waals surface area contributed by atoms with Crippen LogP contribution >= 0.6 is 0 Å². The molecule has 3 heteroatoms. The van der Waals surface area contributed by atoms with Gasteiger partial charge in [-0.3, -0.25) is 0 Å². The summed E-state index contributed by atoms with van der Waals surface area (Å²) in [6.07, 6.45) is 6.38. The fourth-order valence-electron chi connectivity index (χ4n) is 3.49. The number of hydrogen-bond acceptors (Lipinski definition) is 1. The van der Waals surface area contributed by atoms with Crippen molar-refractivity contribution in [3.05, 3.63) is 42.4 Å². The Kier molecular flexibility index (Phi) is 3.85. The van der Waals surface area contributed by atoms with E-state index in [1.165, 1.54) is 12.8 Å². The first-order valence-electron chi connectivity index (χ1n) is 7.83. The maximum atomic E-state index is 14.2. The molecular weight excluding hydrogens is 263 g/mol. The van der Waals surface area contributed by atoms with Crippen molar-refractivity contribution in [2.75, 3.05) is 13.1 Å². The van der Waals surface area contributed by atoms with Crippen LogP contribution in [0, 0.1) is 11.2 Å². The number of fused-ring (bicyclic) bond motifs is 1. The SMILES string of the molecule is C=C(c1cc(F)c2[nH]ccc2c1)[C@]1(CCCC)CCNC1. The molecule has 2 heterocycles. The van der Waals surface area contributed by atoms with Gasteiger partial charge >= 0.3 is 0 Å². The van der Waals surface area contributed by atoms with E-state index in [1.54, 1.807) is 12.3 Å². The number of aromatic nitrogens is 1. The highest BCUT2D eigenvalue weighted by Crippen LogP contribution is 2.44. The quantitative estimate of drug-likeness (QED) is 0.832. The third-order valence-corrected chi connectivity index (χ3v) is 4.85. The van der Waals surface area contributed by atoms with Crippen LogP contribution in [0.5, 0.6) is 0 Å². The molecule has 1 saturated heterocycles. The second kappa shape index (κ2) is 5.64. The summed E-state index contributed by atoms with van der Waals surface area (Å²) in [5, 5.41) is 4.38. The van der Waals surface area contributed by atoms with Crippen LogP contribution in [0.4, 0.5) is 4.39 Å². The zero-order valence-electron chi connectivity index (χ0n) is 12.6. The summed E-state index contributed by atoms with van der Waals surface area (Å²) < 4.78 is 14.2. The van der Waals surface area contributed by atoms with Crippen molar-refractivity contribution in [2.24, 2.45) is 5.41 Å². The lowest BCUT2D eigenvalue weighted by atomic mass is 9.73. The minimum Gasteiger partial charge on any atom is -0.359 e. The highest BCUT2D eigenvalue weighted by atomic mass is 19.1. The lowest BCUT2D eigenvalue weighted by Crippen LogP contribution is -2.25. The van der Waals surface area contributed by atoms with Crippen molar-refractivity contribution < 1.29 is 4.39 Å². The standard InChI is InChI=1S/C18H23FN2/c1-3-4-6-18(7-9-20-12-18)13(2)15-10-14-5-8-21-17(14)16(19)11-15/h5,8,10-11,20-21H,2-4,6-7,9,12H2,1H3/t18-/m1/s1. The maximum Gasteiger partial charge on any atom is 0.147 e. The highest BCUT2D eigenvalue weighted by molar-refractivity contribution is 5.85. The number of nitrogens with one attached hydrogen (secondary N) is 2. The molecule has 0 spiro atoms. The van der Waals surface area contributed by atoms with E-state index < -0.39 is 0 Å². The van der Waals surface area contributed by atoms with Gasteiger partial charge in [0.25, 0.3) is 0 Å². The molecule has 1 aliphatic heterocycles. The van der Waals surface area contributed by atoms with Crippen LogP contribution < -0.4 is 5.32 Å². The minimum atomic E-state index is -0.190. The van der Waals surface area contributed by atoms with Gasteiger partial charge in [0.05, 0.1) is 5.52 Å². The molecule has 1 atom stereocenters. The Morgan fingerprint density at radius 1 is 1.43 bits per heavy atom. The van der Waals surface area contributed by atoms with E-state index in [9.17, 15) is 4.39 Å². The fraction of sp³-hybridized carbons (Fsp3) is 0.444. The van der Waals surface area contributed by atoms with E-state index in [2.05, 4.69) is 29.9 Å². The highest BCUT2D eigenvalue weighted by Gasteiger charge is 2.36. The van der Waals surface area contributed by atoms with Gasteiger partial charge in [-0.2, -0.15) is 0 Å². The van der Waals surface area contributed by atoms with E-state index in [0.29, 0.717) is 5.52 Å². The summed E-state index contributed by atoms with van der Waals surface area (Å²) >= 11 is 0. The van der Waals surface area contributed by atoms with Crippen molar-refractivity contribution >= 4 is 16.5 Å². The third-order valence-electron chi connectivity index (χ3n) is 4.85. The Hall–Kier alpha value is -1.61. The largest absolute Gasteiger partial charge is 0.359 e. The van der Waals surface area contributed by atoms with Crippen molar-refractivity contribution in [1.29, 1.82) is 0 Å². The van der Waals surface area contributed by atoms with Gasteiger partial charge in [-0.1, -0.05) is 26.3 Å². The first kappa shape index (κ1) is 14.3. The second-order valence-electron chi connectivity index (χ2n) is 6.19. The molecule has 0 amide bonds. The van der Waals surface area contributed by atoms with Gasteiger partial charge in [0, 0.05) is 23.5 Å². The molecule has 1 aromatic carbocycles. The van der Waals surface area contributed by atoms with Crippen LogP contribution in [0.25, 0.3) is 16.5 Å². The van der Waals surface area contributed by atoms with E-state index in [1.807, 2.05) is 6.07 Å². The Balaban J connectivity index is 1.97. The number of unbranched alkanes of at least 4 members (excludes halogenated alkanes) is 1. The molecule has 1 aromatic heterocycles. The van der Waals surface area contributed by atoms with Crippen molar-refractivity contribution in [3.8, 4) is 0 Å². The van der Waals surface area contributed by atoms with E-state index >= 15 is 0 Å². The van der Waals surface area contributed by atoms with E-state index in [-0.39, 0.29) is 11.2 Å². The third kappa shape index (κ3) is 2.51. The Morgan fingerprint density at radius 3 is 3.00 bits per heavy atom. The smallest absolute Gasteiger partial charge is 0.147 e. The molecule has 112 valence electrons. The summed E-state index contributed by atoms with van der Waals surface area (Å²) in [6.45, 7) is 8.54. The first-order chi connectivity index (χ1) is 10.2. The number of aromatic amines is 1. The molecule has 21 heavy (non-hydrogen) atoms. The molecular formula is C18H23FN2. The average Bonchev–Trinajstić information content (AvgIpc) is 3.14. The van der Waals surface area contributed by atoms with Crippen molar-refractivity contribution in [2.45, 2.75) is 32.6 Å². The molecule has 3 rings (SSSR count). The molecule has 0 aliphatic carbocycles. The molecule has 1 aliphatic rings. The number of H-pyrrole nitrogens is 1. The number of rotatable bonds is 5.